The maximum Gasteiger partial charge on any atom is 0.226 e. The van der Waals surface area contributed by atoms with Gasteiger partial charge in [0, 0.05) is 63.0 Å². The van der Waals surface area contributed by atoms with Gasteiger partial charge in [0.05, 0.1) is 27.0 Å². The Hall–Kier alpha value is -3.21. The third kappa shape index (κ3) is 6.87. The number of carbonyl (C=O) groups is 1. The van der Waals surface area contributed by atoms with Gasteiger partial charge in [-0.25, -0.2) is 0 Å². The zero-order valence-electron chi connectivity index (χ0n) is 26.9. The van der Waals surface area contributed by atoms with Crippen LogP contribution in [0.2, 0.25) is 18.6 Å². The van der Waals surface area contributed by atoms with Gasteiger partial charge in [-0.2, -0.15) is 0 Å². The Morgan fingerprint density at radius 2 is 1.86 bits per heavy atom. The second-order valence-corrected chi connectivity index (χ2v) is 17.6. The summed E-state index contributed by atoms with van der Waals surface area (Å²) in [6, 6.07) is 14.7. The van der Waals surface area contributed by atoms with Crippen LogP contribution in [0.5, 0.6) is 11.5 Å². The number of aliphatic hydroxyl groups is 1. The van der Waals surface area contributed by atoms with Crippen molar-refractivity contribution in [2.45, 2.75) is 89.3 Å². The lowest BCUT2D eigenvalue weighted by Gasteiger charge is -2.46. The molecule has 9 nitrogen and oxygen atoms in total. The first-order valence-electron chi connectivity index (χ1n) is 16.0. The standard InChI is InChI=1S/C34H48N4O5Si/c1-24-33(42-3)29-22-26(38-19-9-7-6-8-10-32(38)40)11-16-30(29)43-34(24)31(17-20-37-23-25(18-21-39)35-36-37)44(4,5)28-14-12-27(41-2)13-15-28/h11-16,22-24,31,33-34,39H,6-10,17-21H2,1-5H3/t24-,31?,33-,34-/m0/s1. The highest BCUT2D eigenvalue weighted by Gasteiger charge is 2.47. The van der Waals surface area contributed by atoms with Gasteiger partial charge in [0.25, 0.3) is 0 Å². The van der Waals surface area contributed by atoms with Gasteiger partial charge in [0.15, 0.2) is 0 Å². The highest BCUT2D eigenvalue weighted by atomic mass is 28.3. The number of methoxy groups -OCH3 is 2. The van der Waals surface area contributed by atoms with E-state index in [4.69, 9.17) is 14.2 Å². The van der Waals surface area contributed by atoms with Crippen LogP contribution in [0.25, 0.3) is 0 Å². The summed E-state index contributed by atoms with van der Waals surface area (Å²) in [5, 5.41) is 19.3. The summed E-state index contributed by atoms with van der Waals surface area (Å²) < 4.78 is 20.6. The minimum absolute atomic E-state index is 0.0532. The Morgan fingerprint density at radius 1 is 1.09 bits per heavy atom. The molecule has 2 aliphatic heterocycles. The highest BCUT2D eigenvalue weighted by Crippen LogP contribution is 2.48. The van der Waals surface area contributed by atoms with E-state index in [1.54, 1.807) is 14.2 Å². The van der Waals surface area contributed by atoms with E-state index in [1.165, 1.54) is 5.19 Å². The molecule has 1 N–H and O–H groups in total. The number of nitrogens with zero attached hydrogens (tertiary/aromatic N) is 4. The molecule has 3 aromatic rings. The normalized spacial score (nSPS) is 21.6. The molecule has 10 heteroatoms. The van der Waals surface area contributed by atoms with Crippen molar-refractivity contribution in [2.24, 2.45) is 5.92 Å². The minimum atomic E-state index is -2.15. The van der Waals surface area contributed by atoms with E-state index in [0.717, 1.165) is 67.1 Å². The summed E-state index contributed by atoms with van der Waals surface area (Å²) in [5.41, 5.74) is 2.95. The molecule has 0 aliphatic carbocycles. The van der Waals surface area contributed by atoms with Gasteiger partial charge in [0.2, 0.25) is 5.91 Å². The first-order valence-corrected chi connectivity index (χ1v) is 19.1. The van der Waals surface area contributed by atoms with E-state index in [9.17, 15) is 9.90 Å². The van der Waals surface area contributed by atoms with Crippen LogP contribution in [0.3, 0.4) is 0 Å². The lowest BCUT2D eigenvalue weighted by Crippen LogP contribution is -2.54. The number of amides is 1. The number of aliphatic hydroxyl groups excluding tert-OH is 1. The fourth-order valence-electron chi connectivity index (χ4n) is 7.08. The number of anilines is 1. The van der Waals surface area contributed by atoms with E-state index in [0.29, 0.717) is 19.4 Å². The average Bonchev–Trinajstić information content (AvgIpc) is 3.46. The number of aryl methyl sites for hydroxylation is 1. The molecule has 0 saturated carbocycles. The molecule has 0 radical (unpaired) electrons. The van der Waals surface area contributed by atoms with Gasteiger partial charge in [-0.15, -0.1) is 5.10 Å². The zero-order chi connectivity index (χ0) is 31.3. The maximum atomic E-state index is 13.0. The molecule has 0 bridgehead atoms. The van der Waals surface area contributed by atoms with Crippen LogP contribution in [-0.4, -0.2) is 67.6 Å². The Morgan fingerprint density at radius 3 is 2.59 bits per heavy atom. The Kier molecular flexibility index (Phi) is 10.4. The summed E-state index contributed by atoms with van der Waals surface area (Å²) >= 11 is 0. The topological polar surface area (TPSA) is 98.9 Å². The van der Waals surface area contributed by atoms with E-state index in [2.05, 4.69) is 48.5 Å². The van der Waals surface area contributed by atoms with Crippen LogP contribution in [0.15, 0.2) is 48.7 Å². The van der Waals surface area contributed by atoms with Gasteiger partial charge >= 0.3 is 0 Å². The number of aromatic nitrogens is 3. The molecule has 1 amide bonds. The second-order valence-electron chi connectivity index (χ2n) is 12.8. The molecule has 1 saturated heterocycles. The second kappa shape index (κ2) is 14.3. The van der Waals surface area contributed by atoms with Crippen molar-refractivity contribution in [1.29, 1.82) is 0 Å². The van der Waals surface area contributed by atoms with Gasteiger partial charge in [-0.1, -0.05) is 55.4 Å². The molecule has 1 fully saturated rings. The third-order valence-corrected chi connectivity index (χ3v) is 14.0. The van der Waals surface area contributed by atoms with Gasteiger partial charge < -0.3 is 24.2 Å². The van der Waals surface area contributed by atoms with Crippen LogP contribution < -0.4 is 19.6 Å². The van der Waals surface area contributed by atoms with Crippen LogP contribution in [0, 0.1) is 5.92 Å². The molecule has 4 atom stereocenters. The third-order valence-electron chi connectivity index (χ3n) is 9.73. The number of hydrogen-bond donors (Lipinski definition) is 1. The van der Waals surface area contributed by atoms with Crippen LogP contribution in [-0.2, 0) is 22.5 Å². The molecule has 44 heavy (non-hydrogen) atoms. The molecule has 1 unspecified atom stereocenters. The lowest BCUT2D eigenvalue weighted by atomic mass is 9.86. The molecule has 0 spiro atoms. The van der Waals surface area contributed by atoms with Crippen LogP contribution in [0.4, 0.5) is 5.69 Å². The lowest BCUT2D eigenvalue weighted by molar-refractivity contribution is -0.118. The first-order chi connectivity index (χ1) is 21.3. The van der Waals surface area contributed by atoms with Crippen LogP contribution in [0.1, 0.15) is 62.8 Å². The number of rotatable bonds is 11. The Labute approximate surface area is 262 Å². The van der Waals surface area contributed by atoms with Crippen molar-refractivity contribution in [3.8, 4) is 11.5 Å². The van der Waals surface area contributed by atoms with Crippen molar-refractivity contribution >= 4 is 24.9 Å². The Bertz CT molecular complexity index is 1390. The summed E-state index contributed by atoms with van der Waals surface area (Å²) in [7, 11) is 1.32. The summed E-state index contributed by atoms with van der Waals surface area (Å²) in [6.07, 6.45) is 7.88. The summed E-state index contributed by atoms with van der Waals surface area (Å²) in [6.45, 7) is 8.57. The molecular weight excluding hydrogens is 572 g/mol. The average molecular weight is 621 g/mol. The van der Waals surface area contributed by atoms with Crippen molar-refractivity contribution in [3.05, 3.63) is 59.9 Å². The SMILES string of the molecule is COc1ccc([Si](C)(C)C(CCn2cc(CCO)nn2)[C@H]2Oc3ccc(N4CCCCCCC4=O)cc3[C@@H](OC)[C@@H]2C)cc1. The molecule has 2 aromatic carbocycles. The Balaban J connectivity index is 1.47. The number of fused-ring (bicyclic) bond motifs is 1. The smallest absolute Gasteiger partial charge is 0.226 e. The zero-order valence-corrected chi connectivity index (χ0v) is 27.9. The predicted molar refractivity (Wildman–Crippen MR) is 174 cm³/mol. The first kappa shape index (κ1) is 32.2. The fraction of sp³-hybridized carbons (Fsp3) is 0.559. The van der Waals surface area contributed by atoms with Crippen molar-refractivity contribution < 1.29 is 24.1 Å². The number of carbonyl (C=O) groups excluding carboxylic acids is 1. The van der Waals surface area contributed by atoms with Gasteiger partial charge in [0.1, 0.15) is 17.6 Å². The van der Waals surface area contributed by atoms with E-state index in [-0.39, 0.29) is 36.2 Å². The molecule has 5 rings (SSSR count). The minimum Gasteiger partial charge on any atom is -0.497 e. The van der Waals surface area contributed by atoms with Gasteiger partial charge in [-0.05, 0) is 55.1 Å². The van der Waals surface area contributed by atoms with E-state index < -0.39 is 8.07 Å². The maximum absolute atomic E-state index is 13.0. The number of hydrogen-bond acceptors (Lipinski definition) is 7. The van der Waals surface area contributed by atoms with Crippen molar-refractivity contribution in [3.63, 3.8) is 0 Å². The summed E-state index contributed by atoms with van der Waals surface area (Å²) in [4.78, 5) is 15.0. The molecule has 238 valence electrons. The molecule has 1 aromatic heterocycles. The largest absolute Gasteiger partial charge is 0.497 e. The van der Waals surface area contributed by atoms with Crippen molar-refractivity contribution in [2.75, 3.05) is 32.3 Å². The summed E-state index contributed by atoms with van der Waals surface area (Å²) in [5.74, 6) is 1.95. The van der Waals surface area contributed by atoms with E-state index >= 15 is 0 Å². The predicted octanol–water partition coefficient (Wildman–Crippen LogP) is 5.28. The highest BCUT2D eigenvalue weighted by molar-refractivity contribution is 6.91. The number of ether oxygens (including phenoxy) is 3. The monoisotopic (exact) mass is 620 g/mol. The van der Waals surface area contributed by atoms with Gasteiger partial charge in [-0.3, -0.25) is 9.48 Å². The van der Waals surface area contributed by atoms with Crippen molar-refractivity contribution in [1.82, 2.24) is 15.0 Å². The molecular formula is C34H48N4O5Si. The molecule has 3 heterocycles. The fourth-order valence-corrected chi connectivity index (χ4v) is 10.6. The van der Waals surface area contributed by atoms with Crippen LogP contribution >= 0.6 is 0 Å². The van der Waals surface area contributed by atoms with E-state index in [1.807, 2.05) is 40.0 Å². The quantitative estimate of drug-likeness (QED) is 0.291. The molecule has 2 aliphatic rings. The number of benzene rings is 2.